The molecule has 1 atom stereocenters. The first-order valence-corrected chi connectivity index (χ1v) is 8.31. The fourth-order valence-electron chi connectivity index (χ4n) is 3.00. The third kappa shape index (κ3) is 3.96. The van der Waals surface area contributed by atoms with Gasteiger partial charge in [0.25, 0.3) is 5.91 Å². The number of aryl methyl sites for hydroxylation is 1. The molecule has 25 heavy (non-hydrogen) atoms. The number of ketones is 1. The predicted octanol–water partition coefficient (Wildman–Crippen LogP) is 2.47. The van der Waals surface area contributed by atoms with E-state index in [9.17, 15) is 18.8 Å². The summed E-state index contributed by atoms with van der Waals surface area (Å²) in [5.41, 5.74) is 1.81. The highest BCUT2D eigenvalue weighted by molar-refractivity contribution is 6.36. The van der Waals surface area contributed by atoms with Gasteiger partial charge >= 0.3 is 0 Å². The van der Waals surface area contributed by atoms with Crippen molar-refractivity contribution < 1.29 is 14.0 Å². The second-order valence-corrected chi connectivity index (χ2v) is 6.43. The monoisotopic (exact) mass is 362 g/mol. The molecule has 0 saturated carbocycles. The molecule has 1 aliphatic rings. The van der Waals surface area contributed by atoms with Crippen molar-refractivity contribution in [1.29, 1.82) is 0 Å². The summed E-state index contributed by atoms with van der Waals surface area (Å²) in [6.07, 6.45) is 2.02. The smallest absolute Gasteiger partial charge is 0.288 e. The quantitative estimate of drug-likeness (QED) is 0.820. The second-order valence-electron chi connectivity index (χ2n) is 6.02. The molecule has 0 aliphatic heterocycles. The van der Waals surface area contributed by atoms with Crippen molar-refractivity contribution in [2.45, 2.75) is 31.7 Å². The van der Waals surface area contributed by atoms with Crippen LogP contribution >= 0.6 is 11.6 Å². The maximum atomic E-state index is 13.4. The largest absolute Gasteiger partial charge is 0.343 e. The number of hydrogen-bond donors (Lipinski definition) is 2. The molecule has 1 heterocycles. The Labute approximate surface area is 148 Å². The average Bonchev–Trinajstić information content (AvgIpc) is 2.58. The van der Waals surface area contributed by atoms with Crippen molar-refractivity contribution in [3.05, 3.63) is 68.3 Å². The lowest BCUT2D eigenvalue weighted by Crippen LogP contribution is -2.37. The number of nitrogens with one attached hydrogen (secondary N) is 2. The van der Waals surface area contributed by atoms with Crippen molar-refractivity contribution in [1.82, 2.24) is 10.3 Å². The van der Waals surface area contributed by atoms with Crippen LogP contribution in [0.3, 0.4) is 0 Å². The van der Waals surface area contributed by atoms with Crippen molar-refractivity contribution in [3.63, 3.8) is 0 Å². The third-order valence-electron chi connectivity index (χ3n) is 4.24. The molecule has 5 nitrogen and oxygen atoms in total. The fraction of sp³-hybridized carbons (Fsp3) is 0.278. The Morgan fingerprint density at radius 3 is 2.84 bits per heavy atom. The van der Waals surface area contributed by atoms with Gasteiger partial charge in [0.2, 0.25) is 11.3 Å². The Morgan fingerprint density at radius 2 is 2.08 bits per heavy atom. The summed E-state index contributed by atoms with van der Waals surface area (Å²) in [5, 5.41) is 2.68. The average molecular weight is 363 g/mol. The van der Waals surface area contributed by atoms with Crippen LogP contribution in [0, 0.1) is 5.82 Å². The van der Waals surface area contributed by atoms with E-state index in [0.717, 1.165) is 30.2 Å². The molecule has 2 aromatic rings. The van der Waals surface area contributed by atoms with Gasteiger partial charge in [0.15, 0.2) is 0 Å². The molecule has 7 heteroatoms. The number of H-pyrrole nitrogens is 1. The summed E-state index contributed by atoms with van der Waals surface area (Å²) in [5.74, 6) is -2.00. The Balaban J connectivity index is 1.69. The van der Waals surface area contributed by atoms with Crippen molar-refractivity contribution in [2.75, 3.05) is 0 Å². The number of aromatic amines is 1. The molecule has 130 valence electrons. The number of rotatable bonds is 4. The molecule has 3 rings (SSSR count). The highest BCUT2D eigenvalue weighted by atomic mass is 35.5. The number of carbonyl (C=O) groups is 2. The van der Waals surface area contributed by atoms with Gasteiger partial charge in [-0.05, 0) is 48.6 Å². The molecule has 1 amide bonds. The summed E-state index contributed by atoms with van der Waals surface area (Å²) in [7, 11) is 0. The van der Waals surface area contributed by atoms with Gasteiger partial charge in [-0.2, -0.15) is 0 Å². The van der Waals surface area contributed by atoms with E-state index >= 15 is 0 Å². The molecule has 1 aliphatic carbocycles. The van der Waals surface area contributed by atoms with Crippen LogP contribution in [0.15, 0.2) is 35.1 Å². The minimum atomic E-state index is -0.723. The van der Waals surface area contributed by atoms with Crippen LogP contribution in [0.2, 0.25) is 5.02 Å². The van der Waals surface area contributed by atoms with Crippen LogP contribution in [-0.4, -0.2) is 16.7 Å². The van der Waals surface area contributed by atoms with E-state index < -0.39 is 17.5 Å². The molecular weight excluding hydrogens is 347 g/mol. The first-order chi connectivity index (χ1) is 11.9. The highest BCUT2D eigenvalue weighted by Crippen LogP contribution is 2.27. The number of carbonyl (C=O) groups excluding carboxylic acids is 2. The topological polar surface area (TPSA) is 79.0 Å². The second kappa shape index (κ2) is 7.19. The van der Waals surface area contributed by atoms with Gasteiger partial charge < -0.3 is 10.3 Å². The van der Waals surface area contributed by atoms with Crippen molar-refractivity contribution in [2.24, 2.45) is 0 Å². The fourth-order valence-corrected chi connectivity index (χ4v) is 3.12. The lowest BCUT2D eigenvalue weighted by molar-refractivity contribution is -0.138. The Hall–Kier alpha value is -2.47. The highest BCUT2D eigenvalue weighted by Gasteiger charge is 2.25. The van der Waals surface area contributed by atoms with E-state index in [2.05, 4.69) is 10.3 Å². The van der Waals surface area contributed by atoms with Gasteiger partial charge in [-0.15, -0.1) is 0 Å². The normalized spacial score (nSPS) is 16.2. The molecule has 1 aromatic heterocycles. The number of aromatic nitrogens is 1. The number of benzene rings is 1. The molecule has 0 radical (unpaired) electrons. The van der Waals surface area contributed by atoms with E-state index in [0.29, 0.717) is 12.0 Å². The summed E-state index contributed by atoms with van der Waals surface area (Å²) in [4.78, 5) is 38.5. The van der Waals surface area contributed by atoms with Crippen molar-refractivity contribution >= 4 is 23.3 Å². The zero-order chi connectivity index (χ0) is 18.0. The van der Waals surface area contributed by atoms with E-state index in [1.807, 2.05) is 0 Å². The van der Waals surface area contributed by atoms with Crippen LogP contribution in [0.1, 0.15) is 35.7 Å². The molecule has 2 N–H and O–H groups in total. The maximum absolute atomic E-state index is 13.4. The van der Waals surface area contributed by atoms with Crippen LogP contribution in [0.5, 0.6) is 0 Å². The van der Waals surface area contributed by atoms with Gasteiger partial charge in [0, 0.05) is 18.2 Å². The lowest BCUT2D eigenvalue weighted by atomic mass is 9.91. The van der Waals surface area contributed by atoms with E-state index in [-0.39, 0.29) is 23.0 Å². The summed E-state index contributed by atoms with van der Waals surface area (Å²) in [6.45, 7) is 0. The number of hydrogen-bond acceptors (Lipinski definition) is 3. The van der Waals surface area contributed by atoms with Gasteiger partial charge in [-0.3, -0.25) is 14.4 Å². The van der Waals surface area contributed by atoms with E-state index in [1.165, 1.54) is 18.2 Å². The summed E-state index contributed by atoms with van der Waals surface area (Å²) in [6, 6.07) is 6.77. The van der Waals surface area contributed by atoms with E-state index in [4.69, 9.17) is 11.6 Å². The first-order valence-electron chi connectivity index (χ1n) is 7.94. The maximum Gasteiger partial charge on any atom is 0.288 e. The zero-order valence-electron chi connectivity index (χ0n) is 13.3. The SMILES string of the molecule is O=C(Cc1ccc(Cl)c(F)c1)C(=O)NC1CCCc2[nH]c(=O)ccc21. The first kappa shape index (κ1) is 17.4. The Bertz CT molecular complexity index is 894. The zero-order valence-corrected chi connectivity index (χ0v) is 14.0. The minimum absolute atomic E-state index is 0.0338. The van der Waals surface area contributed by atoms with Gasteiger partial charge in [-0.1, -0.05) is 17.7 Å². The van der Waals surface area contributed by atoms with Crippen molar-refractivity contribution in [3.8, 4) is 0 Å². The van der Waals surface area contributed by atoms with Crippen LogP contribution in [-0.2, 0) is 22.4 Å². The van der Waals surface area contributed by atoms with E-state index in [1.54, 1.807) is 6.07 Å². The molecule has 1 unspecified atom stereocenters. The van der Waals surface area contributed by atoms with Gasteiger partial charge in [-0.25, -0.2) is 4.39 Å². The van der Waals surface area contributed by atoms with Crippen LogP contribution in [0.4, 0.5) is 4.39 Å². The number of amides is 1. The van der Waals surface area contributed by atoms with Crippen LogP contribution < -0.4 is 10.9 Å². The lowest BCUT2D eigenvalue weighted by Gasteiger charge is -2.25. The summed E-state index contributed by atoms with van der Waals surface area (Å²) < 4.78 is 13.4. The molecule has 1 aromatic carbocycles. The number of pyridine rings is 1. The molecule has 0 saturated heterocycles. The van der Waals surface area contributed by atoms with Gasteiger partial charge in [0.1, 0.15) is 5.82 Å². The van der Waals surface area contributed by atoms with Crippen LogP contribution in [0.25, 0.3) is 0 Å². The Kier molecular flexibility index (Phi) is 4.99. The van der Waals surface area contributed by atoms with Gasteiger partial charge in [0.05, 0.1) is 11.1 Å². The molecule has 0 spiro atoms. The number of Topliss-reactive ketones (excluding diaryl/α,β-unsaturated/α-hetero) is 1. The third-order valence-corrected chi connectivity index (χ3v) is 4.55. The Morgan fingerprint density at radius 1 is 1.28 bits per heavy atom. The molecular formula is C18H16ClFN2O3. The standard InChI is InChI=1S/C18H16ClFN2O3/c19-12-6-4-10(8-13(12)20)9-16(23)18(25)22-15-3-1-2-14-11(15)5-7-17(24)21-14/h4-8,15H,1-3,9H2,(H,21,24)(H,22,25). The molecule has 0 bridgehead atoms. The molecule has 0 fully saturated rings. The minimum Gasteiger partial charge on any atom is -0.343 e. The predicted molar refractivity (Wildman–Crippen MR) is 91.0 cm³/mol. The number of fused-ring (bicyclic) bond motifs is 1. The number of halogens is 2. The summed E-state index contributed by atoms with van der Waals surface area (Å²) >= 11 is 5.60.